The summed E-state index contributed by atoms with van der Waals surface area (Å²) in [7, 11) is 0. The van der Waals surface area contributed by atoms with Crippen LogP contribution in [0, 0.1) is 0 Å². The van der Waals surface area contributed by atoms with Gasteiger partial charge in [-0.2, -0.15) is 0 Å². The molecule has 5 nitrogen and oxygen atoms in total. The Morgan fingerprint density at radius 2 is 2.07 bits per heavy atom. The second kappa shape index (κ2) is 9.42. The summed E-state index contributed by atoms with van der Waals surface area (Å²) in [6.45, 7) is 4.51. The predicted octanol–water partition coefficient (Wildman–Crippen LogP) is 4.12. The zero-order valence-electron chi connectivity index (χ0n) is 16.2. The van der Waals surface area contributed by atoms with Crippen LogP contribution in [0.25, 0.3) is 0 Å². The molecule has 0 spiro atoms. The Hall–Kier alpha value is -1.79. The molecule has 3 rings (SSSR count). The number of fused-ring (bicyclic) bond motifs is 1. The average Bonchev–Trinajstić information content (AvgIpc) is 3.02. The van der Waals surface area contributed by atoms with E-state index in [-0.39, 0.29) is 11.5 Å². The Balaban J connectivity index is 1.45. The molecular weight excluding hydrogens is 358 g/mol. The normalized spacial score (nSPS) is 16.6. The summed E-state index contributed by atoms with van der Waals surface area (Å²) in [5, 5.41) is 20.1. The van der Waals surface area contributed by atoms with Crippen molar-refractivity contribution in [1.82, 2.24) is 9.88 Å². The summed E-state index contributed by atoms with van der Waals surface area (Å²) in [6.07, 6.45) is 8.59. The number of phenols is 2. The van der Waals surface area contributed by atoms with Crippen LogP contribution >= 0.6 is 11.3 Å². The molecule has 1 unspecified atom stereocenters. The summed E-state index contributed by atoms with van der Waals surface area (Å²) < 4.78 is 0. The standard InChI is InChI=1S/C21H31N3O2S/c1-2-11-24(16-7-9-18-20(14-16)27-21(22)23-18)12-5-3-4-6-15-13-17(25)8-10-19(15)26/h8,10,13,16,25-26H,2-7,9,11-12,14H2,1H3,(H2,22,23). The van der Waals surface area contributed by atoms with Gasteiger partial charge in [0.05, 0.1) is 5.69 Å². The highest BCUT2D eigenvalue weighted by Crippen LogP contribution is 2.30. The number of aromatic hydroxyl groups is 2. The Labute approximate surface area is 165 Å². The van der Waals surface area contributed by atoms with Gasteiger partial charge in [0.25, 0.3) is 0 Å². The summed E-state index contributed by atoms with van der Waals surface area (Å²) in [6, 6.07) is 5.36. The number of anilines is 1. The van der Waals surface area contributed by atoms with Crippen LogP contribution in [0.15, 0.2) is 18.2 Å². The van der Waals surface area contributed by atoms with Gasteiger partial charge in [0.15, 0.2) is 5.13 Å². The van der Waals surface area contributed by atoms with Crippen molar-refractivity contribution in [1.29, 1.82) is 0 Å². The third-order valence-corrected chi connectivity index (χ3v) is 6.36. The van der Waals surface area contributed by atoms with Crippen LogP contribution in [0.4, 0.5) is 5.13 Å². The van der Waals surface area contributed by atoms with Crippen molar-refractivity contribution in [3.63, 3.8) is 0 Å². The number of aromatic nitrogens is 1. The summed E-state index contributed by atoms with van der Waals surface area (Å²) in [5.41, 5.74) is 7.94. The molecule has 27 heavy (non-hydrogen) atoms. The fraction of sp³-hybridized carbons (Fsp3) is 0.571. The number of hydrogen-bond acceptors (Lipinski definition) is 6. The van der Waals surface area contributed by atoms with Crippen molar-refractivity contribution in [2.24, 2.45) is 0 Å². The van der Waals surface area contributed by atoms with Gasteiger partial charge in [-0.05, 0) is 81.8 Å². The van der Waals surface area contributed by atoms with Gasteiger partial charge in [0, 0.05) is 10.9 Å². The molecule has 0 aliphatic heterocycles. The number of unbranched alkanes of at least 4 members (excludes halogenated alkanes) is 2. The second-order valence-electron chi connectivity index (χ2n) is 7.48. The van der Waals surface area contributed by atoms with E-state index >= 15 is 0 Å². The maximum atomic E-state index is 9.87. The summed E-state index contributed by atoms with van der Waals surface area (Å²) >= 11 is 1.66. The minimum Gasteiger partial charge on any atom is -0.508 e. The number of hydrogen-bond donors (Lipinski definition) is 3. The average molecular weight is 390 g/mol. The number of aryl methyl sites for hydroxylation is 2. The van der Waals surface area contributed by atoms with E-state index < -0.39 is 0 Å². The first kappa shape index (κ1) is 20.0. The molecule has 0 saturated heterocycles. The summed E-state index contributed by atoms with van der Waals surface area (Å²) in [5.74, 6) is 0.500. The van der Waals surface area contributed by atoms with Gasteiger partial charge in [-0.3, -0.25) is 0 Å². The van der Waals surface area contributed by atoms with E-state index in [0.717, 1.165) is 57.2 Å². The molecule has 1 aliphatic carbocycles. The largest absolute Gasteiger partial charge is 0.508 e. The number of nitrogens with two attached hydrogens (primary N) is 1. The minimum atomic E-state index is 0.220. The number of rotatable bonds is 9. The molecule has 0 amide bonds. The molecule has 2 aromatic rings. The molecule has 1 aromatic heterocycles. The zero-order chi connectivity index (χ0) is 19.2. The number of nitrogen functional groups attached to an aromatic ring is 1. The lowest BCUT2D eigenvalue weighted by Gasteiger charge is -2.33. The molecule has 1 heterocycles. The summed E-state index contributed by atoms with van der Waals surface area (Å²) in [4.78, 5) is 8.48. The van der Waals surface area contributed by atoms with Crippen molar-refractivity contribution >= 4 is 16.5 Å². The molecule has 0 fully saturated rings. The van der Waals surface area contributed by atoms with E-state index in [4.69, 9.17) is 5.73 Å². The lowest BCUT2D eigenvalue weighted by atomic mass is 9.95. The van der Waals surface area contributed by atoms with Crippen molar-refractivity contribution in [2.75, 3.05) is 18.8 Å². The van der Waals surface area contributed by atoms with Gasteiger partial charge < -0.3 is 20.8 Å². The molecule has 1 atom stereocenters. The fourth-order valence-corrected chi connectivity index (χ4v) is 4.98. The van der Waals surface area contributed by atoms with E-state index in [1.165, 1.54) is 29.5 Å². The van der Waals surface area contributed by atoms with Crippen molar-refractivity contribution < 1.29 is 10.2 Å². The number of benzene rings is 1. The lowest BCUT2D eigenvalue weighted by Crippen LogP contribution is -2.40. The smallest absolute Gasteiger partial charge is 0.180 e. The van der Waals surface area contributed by atoms with Gasteiger partial charge in [-0.15, -0.1) is 11.3 Å². The van der Waals surface area contributed by atoms with Gasteiger partial charge in [0.2, 0.25) is 0 Å². The maximum absolute atomic E-state index is 9.87. The van der Waals surface area contributed by atoms with E-state index in [9.17, 15) is 10.2 Å². The molecule has 4 N–H and O–H groups in total. The number of nitrogens with zero attached hydrogens (tertiary/aromatic N) is 2. The van der Waals surface area contributed by atoms with Crippen molar-refractivity contribution in [3.05, 3.63) is 34.3 Å². The second-order valence-corrected chi connectivity index (χ2v) is 8.59. The van der Waals surface area contributed by atoms with Crippen molar-refractivity contribution in [3.8, 4) is 11.5 Å². The first-order chi connectivity index (χ1) is 13.1. The van der Waals surface area contributed by atoms with Crippen LogP contribution in [-0.2, 0) is 19.3 Å². The molecule has 0 saturated carbocycles. The van der Waals surface area contributed by atoms with E-state index in [1.54, 1.807) is 23.5 Å². The Kier molecular flexibility index (Phi) is 6.96. The third kappa shape index (κ3) is 5.36. The van der Waals surface area contributed by atoms with Gasteiger partial charge >= 0.3 is 0 Å². The SMILES string of the molecule is CCCN(CCCCCc1cc(O)ccc1O)C1CCc2nc(N)sc2C1. The van der Waals surface area contributed by atoms with Crippen LogP contribution < -0.4 is 5.73 Å². The van der Waals surface area contributed by atoms with Crippen LogP contribution in [0.2, 0.25) is 0 Å². The van der Waals surface area contributed by atoms with E-state index in [2.05, 4.69) is 16.8 Å². The molecule has 6 heteroatoms. The van der Waals surface area contributed by atoms with Gasteiger partial charge in [-0.25, -0.2) is 4.98 Å². The highest BCUT2D eigenvalue weighted by molar-refractivity contribution is 7.15. The highest BCUT2D eigenvalue weighted by Gasteiger charge is 2.26. The van der Waals surface area contributed by atoms with Crippen LogP contribution in [0.1, 0.15) is 55.2 Å². The van der Waals surface area contributed by atoms with Gasteiger partial charge in [0.1, 0.15) is 11.5 Å². The Bertz CT molecular complexity index is 747. The third-order valence-electron chi connectivity index (χ3n) is 5.41. The Morgan fingerprint density at radius 3 is 2.89 bits per heavy atom. The van der Waals surface area contributed by atoms with Crippen LogP contribution in [-0.4, -0.2) is 39.2 Å². The quantitative estimate of drug-likeness (QED) is 0.444. The van der Waals surface area contributed by atoms with Crippen molar-refractivity contribution in [2.45, 2.75) is 64.3 Å². The maximum Gasteiger partial charge on any atom is 0.180 e. The molecule has 148 valence electrons. The van der Waals surface area contributed by atoms with E-state index in [0.29, 0.717) is 11.2 Å². The molecule has 0 radical (unpaired) electrons. The highest BCUT2D eigenvalue weighted by atomic mass is 32.1. The van der Waals surface area contributed by atoms with E-state index in [1.807, 2.05) is 0 Å². The molecule has 0 bridgehead atoms. The molecular formula is C21H31N3O2S. The first-order valence-electron chi connectivity index (χ1n) is 10.1. The first-order valence-corrected chi connectivity index (χ1v) is 10.9. The number of phenolic OH excluding ortho intramolecular Hbond substituents is 2. The lowest BCUT2D eigenvalue weighted by molar-refractivity contribution is 0.176. The minimum absolute atomic E-state index is 0.220. The monoisotopic (exact) mass is 389 g/mol. The molecule has 1 aliphatic rings. The predicted molar refractivity (Wildman–Crippen MR) is 112 cm³/mol. The van der Waals surface area contributed by atoms with Gasteiger partial charge in [-0.1, -0.05) is 13.3 Å². The topological polar surface area (TPSA) is 82.6 Å². The molecule has 1 aromatic carbocycles. The fourth-order valence-electron chi connectivity index (χ4n) is 4.03. The Morgan fingerprint density at radius 1 is 1.22 bits per heavy atom. The van der Waals surface area contributed by atoms with Crippen LogP contribution in [0.5, 0.6) is 11.5 Å². The zero-order valence-corrected chi connectivity index (χ0v) is 17.0. The van der Waals surface area contributed by atoms with Crippen LogP contribution in [0.3, 0.4) is 0 Å². The number of thiazole rings is 1.